The van der Waals surface area contributed by atoms with E-state index in [9.17, 15) is 0 Å². The third-order valence-electron chi connectivity index (χ3n) is 4.91. The molecule has 1 aliphatic heterocycles. The van der Waals surface area contributed by atoms with Crippen molar-refractivity contribution in [2.75, 3.05) is 18.0 Å². The lowest BCUT2D eigenvalue weighted by Gasteiger charge is -2.19. The molecule has 3 aromatic rings. The van der Waals surface area contributed by atoms with Gasteiger partial charge in [-0.3, -0.25) is 9.67 Å². The van der Waals surface area contributed by atoms with Crippen LogP contribution in [0.25, 0.3) is 11.5 Å². The van der Waals surface area contributed by atoms with Crippen LogP contribution in [0.2, 0.25) is 0 Å². The van der Waals surface area contributed by atoms with E-state index in [-0.39, 0.29) is 0 Å². The summed E-state index contributed by atoms with van der Waals surface area (Å²) >= 11 is 0. The smallest absolute Gasteiger partial charge is 0.180 e. The lowest BCUT2D eigenvalue weighted by Crippen LogP contribution is -2.22. The maximum atomic E-state index is 4.82. The number of rotatable bonds is 5. The quantitative estimate of drug-likeness (QED) is 0.709. The van der Waals surface area contributed by atoms with Crippen molar-refractivity contribution in [3.8, 4) is 11.5 Å². The van der Waals surface area contributed by atoms with Crippen LogP contribution >= 0.6 is 0 Å². The number of hydrogen-bond donors (Lipinski definition) is 0. The highest BCUT2D eigenvalue weighted by Crippen LogP contribution is 2.27. The summed E-state index contributed by atoms with van der Waals surface area (Å²) in [5.74, 6) is 2.37. The number of anilines is 1. The second kappa shape index (κ2) is 7.23. The van der Waals surface area contributed by atoms with E-state index in [2.05, 4.69) is 39.2 Å². The van der Waals surface area contributed by atoms with Crippen LogP contribution in [0, 0.1) is 5.92 Å². The summed E-state index contributed by atoms with van der Waals surface area (Å²) in [5, 5.41) is 4.28. The average molecular weight is 348 g/mol. The molecule has 0 aliphatic carbocycles. The lowest BCUT2D eigenvalue weighted by atomic mass is 10.0. The minimum Gasteiger partial charge on any atom is -0.356 e. The fourth-order valence-electron chi connectivity index (χ4n) is 3.55. The molecule has 1 saturated heterocycles. The van der Waals surface area contributed by atoms with Crippen LogP contribution in [0.5, 0.6) is 0 Å². The Kier molecular flexibility index (Phi) is 4.65. The SMILES string of the molecule is CCc1cc(N2CCC(Cc3cnn(C)c3)C2)nc(-c2ccccn2)n1. The topological polar surface area (TPSA) is 59.7 Å². The third-order valence-corrected chi connectivity index (χ3v) is 4.91. The number of hydrogen-bond acceptors (Lipinski definition) is 5. The molecule has 6 heteroatoms. The van der Waals surface area contributed by atoms with Gasteiger partial charge in [0, 0.05) is 44.3 Å². The van der Waals surface area contributed by atoms with E-state index in [0.29, 0.717) is 5.92 Å². The summed E-state index contributed by atoms with van der Waals surface area (Å²) in [4.78, 5) is 16.3. The standard InChI is InChI=1S/C20H24N6/c1-3-17-11-19(24-20(23-17)18-6-4-5-8-21-18)26-9-7-15(14-26)10-16-12-22-25(2)13-16/h4-6,8,11-13,15H,3,7,9-10,14H2,1-2H3. The van der Waals surface area contributed by atoms with E-state index < -0.39 is 0 Å². The molecule has 1 unspecified atom stereocenters. The molecule has 4 heterocycles. The van der Waals surface area contributed by atoms with Crippen LogP contribution < -0.4 is 4.90 Å². The van der Waals surface area contributed by atoms with Gasteiger partial charge in [-0.05, 0) is 42.9 Å². The molecule has 6 nitrogen and oxygen atoms in total. The van der Waals surface area contributed by atoms with Crippen molar-refractivity contribution in [2.24, 2.45) is 13.0 Å². The van der Waals surface area contributed by atoms with Crippen molar-refractivity contribution in [3.63, 3.8) is 0 Å². The van der Waals surface area contributed by atoms with Crippen LogP contribution in [0.3, 0.4) is 0 Å². The van der Waals surface area contributed by atoms with Crippen molar-refractivity contribution in [2.45, 2.75) is 26.2 Å². The highest BCUT2D eigenvalue weighted by atomic mass is 15.2. The summed E-state index contributed by atoms with van der Waals surface area (Å²) in [7, 11) is 1.97. The van der Waals surface area contributed by atoms with Crippen LogP contribution in [-0.4, -0.2) is 37.8 Å². The Hall–Kier alpha value is -2.76. The zero-order valence-electron chi connectivity index (χ0n) is 15.3. The fourth-order valence-corrected chi connectivity index (χ4v) is 3.55. The lowest BCUT2D eigenvalue weighted by molar-refractivity contribution is 0.586. The van der Waals surface area contributed by atoms with Crippen molar-refractivity contribution in [1.82, 2.24) is 24.7 Å². The first-order chi connectivity index (χ1) is 12.7. The molecule has 3 aromatic heterocycles. The second-order valence-electron chi connectivity index (χ2n) is 6.94. The first-order valence-corrected chi connectivity index (χ1v) is 9.23. The second-order valence-corrected chi connectivity index (χ2v) is 6.94. The van der Waals surface area contributed by atoms with E-state index in [1.165, 1.54) is 12.0 Å². The van der Waals surface area contributed by atoms with Crippen LogP contribution in [0.4, 0.5) is 5.82 Å². The molecule has 1 fully saturated rings. The van der Waals surface area contributed by atoms with Crippen LogP contribution in [-0.2, 0) is 19.9 Å². The number of pyridine rings is 1. The highest BCUT2D eigenvalue weighted by molar-refractivity contribution is 5.54. The number of aromatic nitrogens is 5. The summed E-state index contributed by atoms with van der Waals surface area (Å²) in [6.07, 6.45) is 9.02. The summed E-state index contributed by atoms with van der Waals surface area (Å²) in [6, 6.07) is 7.98. The third kappa shape index (κ3) is 3.59. The first-order valence-electron chi connectivity index (χ1n) is 9.23. The van der Waals surface area contributed by atoms with Crippen molar-refractivity contribution in [1.29, 1.82) is 0 Å². The van der Waals surface area contributed by atoms with Gasteiger partial charge in [-0.1, -0.05) is 13.0 Å². The fraction of sp³-hybridized carbons (Fsp3) is 0.400. The highest BCUT2D eigenvalue weighted by Gasteiger charge is 2.25. The zero-order chi connectivity index (χ0) is 17.9. The maximum Gasteiger partial charge on any atom is 0.180 e. The predicted molar refractivity (Wildman–Crippen MR) is 102 cm³/mol. The Bertz CT molecular complexity index is 873. The van der Waals surface area contributed by atoms with Gasteiger partial charge in [-0.15, -0.1) is 0 Å². The Morgan fingerprint density at radius 1 is 1.23 bits per heavy atom. The molecule has 26 heavy (non-hydrogen) atoms. The van der Waals surface area contributed by atoms with E-state index >= 15 is 0 Å². The van der Waals surface area contributed by atoms with E-state index in [1.54, 1.807) is 6.20 Å². The van der Waals surface area contributed by atoms with Gasteiger partial charge in [-0.2, -0.15) is 5.10 Å². The summed E-state index contributed by atoms with van der Waals surface area (Å²) in [5.41, 5.74) is 3.20. The van der Waals surface area contributed by atoms with Crippen molar-refractivity contribution < 1.29 is 0 Å². The van der Waals surface area contributed by atoms with Gasteiger partial charge in [0.2, 0.25) is 0 Å². The first kappa shape index (κ1) is 16.7. The molecule has 0 amide bonds. The monoisotopic (exact) mass is 348 g/mol. The molecule has 4 rings (SSSR count). The Labute approximate surface area is 153 Å². The van der Waals surface area contributed by atoms with Gasteiger partial charge in [0.25, 0.3) is 0 Å². The Morgan fingerprint density at radius 2 is 2.15 bits per heavy atom. The van der Waals surface area contributed by atoms with Gasteiger partial charge in [-0.25, -0.2) is 9.97 Å². The summed E-state index contributed by atoms with van der Waals surface area (Å²) < 4.78 is 1.87. The zero-order valence-corrected chi connectivity index (χ0v) is 15.3. The van der Waals surface area contributed by atoms with E-state index in [1.807, 2.05) is 36.1 Å². The van der Waals surface area contributed by atoms with Gasteiger partial charge < -0.3 is 4.90 Å². The predicted octanol–water partition coefficient (Wildman–Crippen LogP) is 2.90. The molecule has 0 spiro atoms. The molecule has 1 atom stereocenters. The van der Waals surface area contributed by atoms with Gasteiger partial charge in [0.1, 0.15) is 11.5 Å². The number of aryl methyl sites for hydroxylation is 2. The number of nitrogens with zero attached hydrogens (tertiary/aromatic N) is 6. The maximum absolute atomic E-state index is 4.82. The molecule has 0 bridgehead atoms. The molecule has 0 N–H and O–H groups in total. The molecular weight excluding hydrogens is 324 g/mol. The van der Waals surface area contributed by atoms with E-state index in [4.69, 9.17) is 4.98 Å². The van der Waals surface area contributed by atoms with Gasteiger partial charge in [0.05, 0.1) is 6.20 Å². The summed E-state index contributed by atoms with van der Waals surface area (Å²) in [6.45, 7) is 4.19. The van der Waals surface area contributed by atoms with Crippen LogP contribution in [0.15, 0.2) is 42.9 Å². The van der Waals surface area contributed by atoms with Gasteiger partial charge in [0.15, 0.2) is 5.82 Å². The van der Waals surface area contributed by atoms with Crippen LogP contribution in [0.1, 0.15) is 24.6 Å². The molecule has 0 aromatic carbocycles. The molecule has 134 valence electrons. The minimum absolute atomic E-state index is 0.637. The van der Waals surface area contributed by atoms with Crippen molar-refractivity contribution in [3.05, 3.63) is 54.1 Å². The molecule has 0 saturated carbocycles. The Morgan fingerprint density at radius 3 is 2.88 bits per heavy atom. The molecule has 0 radical (unpaired) electrons. The molecular formula is C20H24N6. The minimum atomic E-state index is 0.637. The normalized spacial score (nSPS) is 17.0. The Balaban J connectivity index is 1.54. The van der Waals surface area contributed by atoms with Gasteiger partial charge >= 0.3 is 0 Å². The van der Waals surface area contributed by atoms with E-state index in [0.717, 1.165) is 49.0 Å². The molecule has 1 aliphatic rings. The van der Waals surface area contributed by atoms with Crippen molar-refractivity contribution >= 4 is 5.82 Å². The largest absolute Gasteiger partial charge is 0.356 e. The average Bonchev–Trinajstić information content (AvgIpc) is 3.31.